The van der Waals surface area contributed by atoms with Crippen LogP contribution in [0.2, 0.25) is 0 Å². The Morgan fingerprint density at radius 3 is 1.05 bits per heavy atom. The summed E-state index contributed by atoms with van der Waals surface area (Å²) in [4.78, 5) is 16.5. The smallest absolute Gasteiger partial charge is 0.237 e. The van der Waals surface area contributed by atoms with Crippen LogP contribution in [0.3, 0.4) is 0 Å². The molecule has 0 spiro atoms. The molecule has 5 heterocycles. The van der Waals surface area contributed by atoms with Crippen molar-refractivity contribution in [3.05, 3.63) is 303 Å². The van der Waals surface area contributed by atoms with E-state index in [0.29, 0.717) is 5.95 Å². The van der Waals surface area contributed by atoms with Crippen molar-refractivity contribution in [3.8, 4) is 34.4 Å². The molecule has 7 heteroatoms. The van der Waals surface area contributed by atoms with E-state index in [2.05, 4.69) is 322 Å². The van der Waals surface area contributed by atoms with Gasteiger partial charge in [-0.25, -0.2) is 4.98 Å². The average Bonchev–Trinajstić information content (AvgIpc) is 2.88. The second kappa shape index (κ2) is 18.7. The van der Waals surface area contributed by atoms with Gasteiger partial charge in [0.15, 0.2) is 0 Å². The van der Waals surface area contributed by atoms with Gasteiger partial charge in [-0.15, -0.1) is 10.0 Å². The van der Waals surface area contributed by atoms with Gasteiger partial charge in [-0.1, -0.05) is 182 Å². The zero-order valence-corrected chi connectivity index (χ0v) is 45.8. The molecule has 0 unspecified atom stereocenters. The molecule has 0 radical (unpaired) electrons. The van der Waals surface area contributed by atoms with Crippen LogP contribution in [0.25, 0.3) is 122 Å². The summed E-state index contributed by atoms with van der Waals surface area (Å²) in [5.74, 6) is 1.35. The predicted octanol–water partition coefficient (Wildman–Crippen LogP) is 19.9. The number of aromatic nitrogens is 6. The van der Waals surface area contributed by atoms with Crippen LogP contribution in [0.1, 0.15) is 0 Å². The van der Waals surface area contributed by atoms with Gasteiger partial charge in [0.05, 0.1) is 49.8 Å². The van der Waals surface area contributed by atoms with Crippen LogP contribution in [-0.4, -0.2) is 28.2 Å². The lowest BCUT2D eigenvalue weighted by atomic mass is 10.1. The van der Waals surface area contributed by atoms with Crippen molar-refractivity contribution in [1.29, 1.82) is 0 Å². The first-order valence-electron chi connectivity index (χ1n) is 28.2. The number of fused-ring (bicyclic) bond motifs is 12. The van der Waals surface area contributed by atoms with E-state index < -0.39 is 10.0 Å². The molecule has 6 nitrogen and oxygen atoms in total. The molecule has 0 bridgehead atoms. The standard InChI is InChI=1S/C76H50N6S/c1-4-22-54(23-5-1)83(55-24-6-2-7-25-55,56-26-8-3-9-27-56)57-44-40-51(41-45-57)66-50-75(81-71-38-20-15-33-63(71)65-48-52(43-47-73(65)81)79-67-34-16-10-28-58(67)59-29-11-17-35-68(59)79)78-76(77-66)82-72-39-21-14-32-62(72)64-46-42-53(49-74(64)82)80-69-36-18-12-30-60(69)61-31-13-19-37-70(61)80/h1-50H. The molecular weight excluding hydrogens is 1030 g/mol. The quantitative estimate of drug-likeness (QED) is 0.145. The summed E-state index contributed by atoms with van der Waals surface area (Å²) in [7, 11) is -1.93. The summed E-state index contributed by atoms with van der Waals surface area (Å²) in [5.41, 5.74) is 12.8. The van der Waals surface area contributed by atoms with Crippen molar-refractivity contribution in [3.63, 3.8) is 0 Å². The summed E-state index contributed by atoms with van der Waals surface area (Å²) in [6.07, 6.45) is 0. The van der Waals surface area contributed by atoms with Crippen molar-refractivity contribution in [2.24, 2.45) is 0 Å². The van der Waals surface area contributed by atoms with Crippen LogP contribution in [0.4, 0.5) is 0 Å². The van der Waals surface area contributed by atoms with Gasteiger partial charge in [0.25, 0.3) is 0 Å². The molecule has 0 N–H and O–H groups in total. The SMILES string of the molecule is c1ccc(S(c2ccccc2)(c2ccccc2)c2ccc(-c3cc(-n4c5ccccc5c5cc(-n6c7ccccc7c7ccccc76)ccc54)nc(-n4c5ccccc5c5ccc(-n6c7ccccc7c7ccccc76)cc54)n3)cc2)cc1. The van der Waals surface area contributed by atoms with E-state index in [1.165, 1.54) is 52.2 Å². The summed E-state index contributed by atoms with van der Waals surface area (Å²) < 4.78 is 9.42. The molecule has 0 amide bonds. The van der Waals surface area contributed by atoms with Gasteiger partial charge in [0.2, 0.25) is 5.95 Å². The molecule has 0 atom stereocenters. The highest BCUT2D eigenvalue weighted by atomic mass is 32.3. The summed E-state index contributed by atoms with van der Waals surface area (Å²) in [6, 6.07) is 111. The average molecular weight is 1080 g/mol. The Hall–Kier alpha value is -10.7. The van der Waals surface area contributed by atoms with E-state index in [-0.39, 0.29) is 0 Å². The third-order valence-corrected chi connectivity index (χ3v) is 20.8. The highest BCUT2D eigenvalue weighted by Gasteiger charge is 2.33. The monoisotopic (exact) mass is 1080 g/mol. The molecular formula is C76H50N6S. The van der Waals surface area contributed by atoms with Gasteiger partial charge in [0, 0.05) is 85.7 Å². The molecule has 5 aromatic heterocycles. The topological polar surface area (TPSA) is 45.5 Å². The number of benzene rings is 12. The molecule has 0 saturated heterocycles. The van der Waals surface area contributed by atoms with Crippen LogP contribution in [0.15, 0.2) is 323 Å². The van der Waals surface area contributed by atoms with Crippen molar-refractivity contribution >= 4 is 97.3 Å². The third kappa shape index (κ3) is 7.11. The molecule has 0 aliphatic carbocycles. The Morgan fingerprint density at radius 2 is 0.578 bits per heavy atom. The largest absolute Gasteiger partial charge is 0.309 e. The van der Waals surface area contributed by atoms with Gasteiger partial charge in [-0.2, -0.15) is 4.98 Å². The van der Waals surface area contributed by atoms with E-state index >= 15 is 0 Å². The van der Waals surface area contributed by atoms with Crippen molar-refractivity contribution < 1.29 is 0 Å². The molecule has 83 heavy (non-hydrogen) atoms. The zero-order chi connectivity index (χ0) is 54.6. The molecule has 0 aliphatic rings. The molecule has 0 saturated carbocycles. The predicted molar refractivity (Wildman–Crippen MR) is 345 cm³/mol. The highest BCUT2D eigenvalue weighted by Crippen LogP contribution is 2.73. The number of para-hydroxylation sites is 6. The van der Waals surface area contributed by atoms with Gasteiger partial charge in [0.1, 0.15) is 5.82 Å². The second-order valence-electron chi connectivity index (χ2n) is 21.3. The lowest BCUT2D eigenvalue weighted by molar-refractivity contribution is 0.951. The first-order chi connectivity index (χ1) is 41.2. The lowest BCUT2D eigenvalue weighted by Gasteiger charge is -2.42. The Balaban J connectivity index is 0.921. The minimum atomic E-state index is -1.93. The van der Waals surface area contributed by atoms with Crippen molar-refractivity contribution in [2.45, 2.75) is 19.6 Å². The second-order valence-corrected chi connectivity index (χ2v) is 24.4. The highest BCUT2D eigenvalue weighted by molar-refractivity contribution is 8.34. The van der Waals surface area contributed by atoms with E-state index in [9.17, 15) is 0 Å². The van der Waals surface area contributed by atoms with Crippen LogP contribution in [-0.2, 0) is 0 Å². The first kappa shape index (κ1) is 47.1. The number of hydrogen-bond acceptors (Lipinski definition) is 2. The van der Waals surface area contributed by atoms with Gasteiger partial charge < -0.3 is 9.13 Å². The molecule has 390 valence electrons. The van der Waals surface area contributed by atoms with Crippen molar-refractivity contribution in [1.82, 2.24) is 28.2 Å². The van der Waals surface area contributed by atoms with Crippen LogP contribution in [0, 0.1) is 0 Å². The summed E-state index contributed by atoms with van der Waals surface area (Å²) in [6.45, 7) is 0. The first-order valence-corrected chi connectivity index (χ1v) is 29.8. The number of hydrogen-bond donors (Lipinski definition) is 0. The third-order valence-electron chi connectivity index (χ3n) is 16.9. The Morgan fingerprint density at radius 1 is 0.229 bits per heavy atom. The van der Waals surface area contributed by atoms with E-state index in [1.54, 1.807) is 0 Å². The molecule has 17 aromatic rings. The Kier molecular flexibility index (Phi) is 10.6. The number of rotatable bonds is 9. The summed E-state index contributed by atoms with van der Waals surface area (Å²) in [5, 5.41) is 9.46. The van der Waals surface area contributed by atoms with E-state index in [4.69, 9.17) is 9.97 Å². The van der Waals surface area contributed by atoms with Gasteiger partial charge in [-0.05, 0) is 115 Å². The molecule has 0 aliphatic heterocycles. The minimum absolute atomic E-state index is 0.581. The molecule has 0 fully saturated rings. The normalized spacial score (nSPS) is 12.3. The van der Waals surface area contributed by atoms with E-state index in [1.807, 2.05) is 0 Å². The minimum Gasteiger partial charge on any atom is -0.309 e. The van der Waals surface area contributed by atoms with Crippen molar-refractivity contribution in [2.75, 3.05) is 0 Å². The fraction of sp³-hybridized carbons (Fsp3) is 0. The van der Waals surface area contributed by atoms with Crippen LogP contribution >= 0.6 is 10.0 Å². The zero-order valence-electron chi connectivity index (χ0n) is 45.0. The van der Waals surface area contributed by atoms with E-state index in [0.717, 1.165) is 83.1 Å². The number of nitrogens with zero attached hydrogens (tertiary/aromatic N) is 6. The maximum absolute atomic E-state index is 5.77. The fourth-order valence-electron chi connectivity index (χ4n) is 13.4. The molecule has 17 rings (SSSR count). The van der Waals surface area contributed by atoms with Gasteiger partial charge >= 0.3 is 0 Å². The maximum Gasteiger partial charge on any atom is 0.237 e. The van der Waals surface area contributed by atoms with Gasteiger partial charge in [-0.3, -0.25) is 9.13 Å². The molecule has 12 aromatic carbocycles. The van der Waals surface area contributed by atoms with Crippen LogP contribution in [0.5, 0.6) is 0 Å². The fourth-order valence-corrected chi connectivity index (χ4v) is 17.2. The Bertz CT molecular complexity index is 5180. The Labute approximate surface area is 480 Å². The maximum atomic E-state index is 5.77. The lowest BCUT2D eigenvalue weighted by Crippen LogP contribution is -2.08. The van der Waals surface area contributed by atoms with Crippen LogP contribution < -0.4 is 0 Å². The summed E-state index contributed by atoms with van der Waals surface area (Å²) >= 11 is 0.